The number of hydrogen-bond donors (Lipinski definition) is 0. The highest BCUT2D eigenvalue weighted by molar-refractivity contribution is 14.1. The van der Waals surface area contributed by atoms with Crippen LogP contribution in [0.25, 0.3) is 11.1 Å². The number of halogens is 1. The number of benzene rings is 1. The molecule has 0 radical (unpaired) electrons. The second-order valence-corrected chi connectivity index (χ2v) is 4.23. The van der Waals surface area contributed by atoms with E-state index in [1.165, 1.54) is 0 Å². The maximum Gasteiger partial charge on any atom is 0.222 e. The van der Waals surface area contributed by atoms with Gasteiger partial charge in [-0.2, -0.15) is 5.10 Å². The largest absolute Gasteiger partial charge is 0.282 e. The van der Waals surface area contributed by atoms with Crippen molar-refractivity contribution in [3.8, 4) is 11.1 Å². The Kier molecular flexibility index (Phi) is 2.86. The summed E-state index contributed by atoms with van der Waals surface area (Å²) < 4.78 is 1.82. The van der Waals surface area contributed by atoms with E-state index in [9.17, 15) is 4.79 Å². The van der Waals surface area contributed by atoms with Crippen LogP contribution in [0.4, 0.5) is 0 Å². The van der Waals surface area contributed by atoms with E-state index in [1.807, 2.05) is 37.5 Å². The molecular formula is C11H9IN2O. The van der Waals surface area contributed by atoms with Crippen molar-refractivity contribution in [2.45, 2.75) is 0 Å². The van der Waals surface area contributed by atoms with Crippen molar-refractivity contribution >= 4 is 26.4 Å². The molecule has 2 aromatic rings. The molecule has 0 aliphatic rings. The number of aromatic nitrogens is 2. The summed E-state index contributed by atoms with van der Waals surface area (Å²) in [6, 6.07) is 7.53. The van der Waals surface area contributed by atoms with E-state index < -0.39 is 0 Å². The Morgan fingerprint density at radius 2 is 1.93 bits per heavy atom. The number of rotatable bonds is 2. The van der Waals surface area contributed by atoms with E-state index in [4.69, 9.17) is 0 Å². The molecule has 0 fully saturated rings. The number of aryl methyl sites for hydroxylation is 1. The van der Waals surface area contributed by atoms with Crippen LogP contribution >= 0.6 is 22.6 Å². The van der Waals surface area contributed by atoms with Gasteiger partial charge in [-0.15, -0.1) is 0 Å². The molecule has 0 N–H and O–H groups in total. The monoisotopic (exact) mass is 312 g/mol. The lowest BCUT2D eigenvalue weighted by Gasteiger charge is -1.98. The van der Waals surface area contributed by atoms with E-state index in [-0.39, 0.29) is 3.79 Å². The van der Waals surface area contributed by atoms with Gasteiger partial charge in [0, 0.05) is 47.0 Å². The Hall–Kier alpha value is -1.17. The summed E-state index contributed by atoms with van der Waals surface area (Å²) in [5.41, 5.74) is 2.86. The van der Waals surface area contributed by atoms with Crippen LogP contribution < -0.4 is 0 Å². The summed E-state index contributed by atoms with van der Waals surface area (Å²) in [5.74, 6) is 0. The van der Waals surface area contributed by atoms with Crippen molar-refractivity contribution in [2.24, 2.45) is 7.05 Å². The standard InChI is InChI=1S/C11H9IN2O/c1-14-7-10(6-13-14)8-2-4-9(5-3-8)11(12)15/h2-7H,1H3. The zero-order chi connectivity index (χ0) is 10.8. The van der Waals surface area contributed by atoms with Gasteiger partial charge in [0.05, 0.1) is 6.20 Å². The summed E-state index contributed by atoms with van der Waals surface area (Å²) in [6.07, 6.45) is 3.75. The molecule has 15 heavy (non-hydrogen) atoms. The highest BCUT2D eigenvalue weighted by Gasteiger charge is 2.03. The van der Waals surface area contributed by atoms with Crippen LogP contribution in [0.5, 0.6) is 0 Å². The minimum Gasteiger partial charge on any atom is -0.282 e. The molecule has 1 aromatic heterocycles. The third-order valence-corrected chi connectivity index (χ3v) is 2.77. The second kappa shape index (κ2) is 4.14. The Labute approximate surface area is 101 Å². The fourth-order valence-corrected chi connectivity index (χ4v) is 1.72. The first-order valence-electron chi connectivity index (χ1n) is 4.46. The maximum absolute atomic E-state index is 11.1. The maximum atomic E-state index is 11.1. The lowest BCUT2D eigenvalue weighted by Crippen LogP contribution is -1.86. The van der Waals surface area contributed by atoms with E-state index in [0.29, 0.717) is 0 Å². The van der Waals surface area contributed by atoms with Gasteiger partial charge in [-0.25, -0.2) is 0 Å². The van der Waals surface area contributed by atoms with Crippen molar-refractivity contribution in [1.29, 1.82) is 0 Å². The van der Waals surface area contributed by atoms with Gasteiger partial charge in [-0.1, -0.05) is 12.1 Å². The SMILES string of the molecule is Cn1cc(-c2ccc(C(=O)I)cc2)cn1. The summed E-state index contributed by atoms with van der Waals surface area (Å²) in [4.78, 5) is 11.1. The van der Waals surface area contributed by atoms with Crippen LogP contribution in [0.3, 0.4) is 0 Å². The highest BCUT2D eigenvalue weighted by Crippen LogP contribution is 2.19. The molecule has 1 aromatic carbocycles. The first kappa shape index (κ1) is 10.4. The molecule has 0 atom stereocenters. The molecule has 2 rings (SSSR count). The van der Waals surface area contributed by atoms with Crippen LogP contribution in [0, 0.1) is 0 Å². The predicted octanol–water partition coefficient (Wildman–Crippen LogP) is 2.66. The van der Waals surface area contributed by atoms with Gasteiger partial charge in [0.1, 0.15) is 0 Å². The first-order chi connectivity index (χ1) is 7.16. The average Bonchev–Trinajstić information content (AvgIpc) is 2.65. The summed E-state index contributed by atoms with van der Waals surface area (Å²) in [7, 11) is 1.88. The summed E-state index contributed by atoms with van der Waals surface area (Å²) >= 11 is 1.78. The molecule has 4 heteroatoms. The lowest BCUT2D eigenvalue weighted by molar-refractivity contribution is 0.110. The average molecular weight is 312 g/mol. The van der Waals surface area contributed by atoms with Gasteiger partial charge in [-0.05, 0) is 17.7 Å². The molecule has 1 heterocycles. The molecule has 0 bridgehead atoms. The van der Waals surface area contributed by atoms with E-state index in [2.05, 4.69) is 5.10 Å². The zero-order valence-electron chi connectivity index (χ0n) is 8.14. The van der Waals surface area contributed by atoms with Crippen LogP contribution in [-0.4, -0.2) is 13.6 Å². The van der Waals surface area contributed by atoms with E-state index in [0.717, 1.165) is 16.7 Å². The van der Waals surface area contributed by atoms with Crippen molar-refractivity contribution < 1.29 is 4.79 Å². The van der Waals surface area contributed by atoms with Gasteiger partial charge in [0.2, 0.25) is 3.79 Å². The third-order valence-electron chi connectivity index (χ3n) is 2.15. The number of nitrogens with zero attached hydrogens (tertiary/aromatic N) is 2. The van der Waals surface area contributed by atoms with E-state index in [1.54, 1.807) is 33.5 Å². The van der Waals surface area contributed by atoms with Gasteiger partial charge in [0.25, 0.3) is 0 Å². The quantitative estimate of drug-likeness (QED) is 0.631. The summed E-state index contributed by atoms with van der Waals surface area (Å²) in [5, 5.41) is 4.10. The van der Waals surface area contributed by atoms with Crippen molar-refractivity contribution in [3.05, 3.63) is 42.2 Å². The first-order valence-corrected chi connectivity index (χ1v) is 5.53. The minimum atomic E-state index is 0.0605. The molecule has 0 aliphatic carbocycles. The normalized spacial score (nSPS) is 10.3. The van der Waals surface area contributed by atoms with Gasteiger partial charge in [-0.3, -0.25) is 9.48 Å². The molecule has 0 aliphatic heterocycles. The third kappa shape index (κ3) is 2.26. The fourth-order valence-electron chi connectivity index (χ4n) is 1.36. The Morgan fingerprint density at radius 1 is 1.27 bits per heavy atom. The number of hydrogen-bond acceptors (Lipinski definition) is 2. The number of carbonyl (C=O) groups excluding carboxylic acids is 1. The Bertz CT molecular complexity index is 488. The molecule has 0 amide bonds. The lowest BCUT2D eigenvalue weighted by atomic mass is 10.1. The summed E-state index contributed by atoms with van der Waals surface area (Å²) in [6.45, 7) is 0. The molecule has 3 nitrogen and oxygen atoms in total. The van der Waals surface area contributed by atoms with Crippen LogP contribution in [0.15, 0.2) is 36.7 Å². The van der Waals surface area contributed by atoms with Crippen molar-refractivity contribution in [3.63, 3.8) is 0 Å². The Morgan fingerprint density at radius 3 is 2.40 bits per heavy atom. The Balaban J connectivity index is 2.35. The molecule has 0 unspecified atom stereocenters. The molecule has 76 valence electrons. The van der Waals surface area contributed by atoms with Crippen molar-refractivity contribution in [2.75, 3.05) is 0 Å². The molecular weight excluding hydrogens is 303 g/mol. The van der Waals surface area contributed by atoms with Gasteiger partial charge < -0.3 is 0 Å². The molecule has 0 saturated carbocycles. The molecule has 0 spiro atoms. The topological polar surface area (TPSA) is 34.9 Å². The van der Waals surface area contributed by atoms with Gasteiger partial charge in [0.15, 0.2) is 0 Å². The van der Waals surface area contributed by atoms with Gasteiger partial charge >= 0.3 is 0 Å². The molecule has 0 saturated heterocycles. The van der Waals surface area contributed by atoms with Crippen LogP contribution in [-0.2, 0) is 7.05 Å². The zero-order valence-corrected chi connectivity index (χ0v) is 10.3. The number of carbonyl (C=O) groups is 1. The predicted molar refractivity (Wildman–Crippen MR) is 67.0 cm³/mol. The van der Waals surface area contributed by atoms with Crippen LogP contribution in [0.1, 0.15) is 10.4 Å². The smallest absolute Gasteiger partial charge is 0.222 e. The second-order valence-electron chi connectivity index (χ2n) is 3.25. The highest BCUT2D eigenvalue weighted by atomic mass is 127. The minimum absolute atomic E-state index is 0.0605. The van der Waals surface area contributed by atoms with Crippen molar-refractivity contribution in [1.82, 2.24) is 9.78 Å². The van der Waals surface area contributed by atoms with E-state index >= 15 is 0 Å². The fraction of sp³-hybridized carbons (Fsp3) is 0.0909. The van der Waals surface area contributed by atoms with Crippen LogP contribution in [0.2, 0.25) is 0 Å².